The number of amides is 1. The molecule has 11 nitrogen and oxygen atoms in total. The number of benzene rings is 1. The summed E-state index contributed by atoms with van der Waals surface area (Å²) in [4.78, 5) is 15.3. The van der Waals surface area contributed by atoms with Crippen molar-refractivity contribution >= 4 is 29.0 Å². The number of fused-ring (bicyclic) bond motifs is 4. The van der Waals surface area contributed by atoms with Gasteiger partial charge in [0.05, 0.1) is 48.4 Å². The molecular formula is C28H33N7O4. The molecule has 0 radical (unpaired) electrons. The van der Waals surface area contributed by atoms with Crippen LogP contribution in [0.25, 0.3) is 34.2 Å². The van der Waals surface area contributed by atoms with Crippen LogP contribution in [0.4, 0.5) is 0 Å². The summed E-state index contributed by atoms with van der Waals surface area (Å²) < 4.78 is 17.5. The summed E-state index contributed by atoms with van der Waals surface area (Å²) in [6.07, 6.45) is 8.57. The van der Waals surface area contributed by atoms with Crippen LogP contribution in [0.2, 0.25) is 0 Å². The van der Waals surface area contributed by atoms with Crippen molar-refractivity contribution in [3.05, 3.63) is 47.0 Å². The number of aliphatic hydroxyl groups excluding tert-OH is 1. The van der Waals surface area contributed by atoms with Gasteiger partial charge in [0.15, 0.2) is 6.23 Å². The summed E-state index contributed by atoms with van der Waals surface area (Å²) in [5.74, 6) is 0.436. The number of likely N-dealkylation sites (N-methyl/N-ethyl adjacent to an activating group) is 1. The Kier molecular flexibility index (Phi) is 6.69. The quantitative estimate of drug-likeness (QED) is 0.432. The normalized spacial score (nSPS) is 18.9. The Morgan fingerprint density at radius 2 is 2.00 bits per heavy atom. The molecule has 4 aromatic rings. The molecule has 1 atom stereocenters. The Labute approximate surface area is 226 Å². The van der Waals surface area contributed by atoms with E-state index in [4.69, 9.17) is 14.6 Å². The molecule has 1 saturated heterocycles. The number of nitrogens with zero attached hydrogens (tertiary/aromatic N) is 7. The van der Waals surface area contributed by atoms with Crippen LogP contribution >= 0.6 is 0 Å². The Bertz CT molecular complexity index is 1560. The molecule has 5 heterocycles. The van der Waals surface area contributed by atoms with Crippen molar-refractivity contribution < 1.29 is 19.4 Å². The van der Waals surface area contributed by atoms with Crippen LogP contribution < -0.4 is 4.74 Å². The topological polar surface area (TPSA) is 112 Å². The molecule has 2 aliphatic rings. The number of carbonyl (C=O) groups excluding carboxylic acids is 1. The summed E-state index contributed by atoms with van der Waals surface area (Å²) in [6.45, 7) is 3.34. The summed E-state index contributed by atoms with van der Waals surface area (Å²) >= 11 is 0. The van der Waals surface area contributed by atoms with Crippen molar-refractivity contribution in [1.82, 2.24) is 34.2 Å². The van der Waals surface area contributed by atoms with Gasteiger partial charge in [0.1, 0.15) is 12.3 Å². The van der Waals surface area contributed by atoms with E-state index < -0.39 is 0 Å². The number of aryl methyl sites for hydroxylation is 2. The molecule has 11 heteroatoms. The highest BCUT2D eigenvalue weighted by Gasteiger charge is 2.25. The average Bonchev–Trinajstić information content (AvgIpc) is 3.59. The molecule has 1 aromatic carbocycles. The molecule has 3 aromatic heterocycles. The van der Waals surface area contributed by atoms with Crippen molar-refractivity contribution in [1.29, 1.82) is 0 Å². The van der Waals surface area contributed by atoms with Gasteiger partial charge in [0, 0.05) is 31.7 Å². The Hall–Kier alpha value is -3.96. The van der Waals surface area contributed by atoms with Crippen LogP contribution in [0.15, 0.2) is 24.4 Å². The van der Waals surface area contributed by atoms with Crippen LogP contribution in [0.1, 0.15) is 52.9 Å². The number of hydrogen-bond donors (Lipinski definition) is 1. The minimum atomic E-state index is -0.195. The fourth-order valence-corrected chi connectivity index (χ4v) is 5.39. The molecule has 1 unspecified atom stereocenters. The van der Waals surface area contributed by atoms with E-state index in [1.807, 2.05) is 30.8 Å². The van der Waals surface area contributed by atoms with Gasteiger partial charge < -0.3 is 19.5 Å². The van der Waals surface area contributed by atoms with E-state index in [-0.39, 0.29) is 31.9 Å². The van der Waals surface area contributed by atoms with E-state index in [2.05, 4.69) is 28.4 Å². The van der Waals surface area contributed by atoms with Crippen LogP contribution in [0.3, 0.4) is 0 Å². The van der Waals surface area contributed by atoms with Crippen molar-refractivity contribution in [2.75, 3.05) is 33.4 Å². The van der Waals surface area contributed by atoms with Crippen molar-refractivity contribution in [3.8, 4) is 17.0 Å². The number of rotatable bonds is 3. The summed E-state index contributed by atoms with van der Waals surface area (Å²) in [5.41, 5.74) is 5.42. The average molecular weight is 532 g/mol. The maximum atomic E-state index is 13.6. The first-order valence-corrected chi connectivity index (χ1v) is 13.4. The van der Waals surface area contributed by atoms with Crippen molar-refractivity contribution in [2.45, 2.75) is 39.0 Å². The van der Waals surface area contributed by atoms with Crippen LogP contribution in [-0.2, 0) is 18.3 Å². The number of carbonyl (C=O) groups is 1. The molecule has 1 amide bonds. The first kappa shape index (κ1) is 25.3. The number of aliphatic hydroxyl groups is 1. The van der Waals surface area contributed by atoms with Gasteiger partial charge in [-0.2, -0.15) is 15.3 Å². The zero-order valence-corrected chi connectivity index (χ0v) is 22.5. The fraction of sp³-hybridized carbons (Fsp3) is 0.429. The van der Waals surface area contributed by atoms with Gasteiger partial charge in [0.25, 0.3) is 5.91 Å². The third-order valence-corrected chi connectivity index (χ3v) is 7.47. The molecule has 0 aliphatic carbocycles. The van der Waals surface area contributed by atoms with E-state index in [0.717, 1.165) is 47.0 Å². The van der Waals surface area contributed by atoms with E-state index >= 15 is 0 Å². The second-order valence-corrected chi connectivity index (χ2v) is 10.1. The standard InChI is InChI=1S/C28H33N7O4/c1-18-20-8-9-23-21-16-19(7-10-24(21)35(31-23)25-6-4-5-14-38-25)22-17-29-33(3)28(22)39-15-12-32(2)27(37)26(20)34(30-18)11-13-36/h7-10,16-17,25,36H,4-6,11-15H2,1-3H3/b9-8+. The lowest BCUT2D eigenvalue weighted by Crippen LogP contribution is -2.33. The van der Waals surface area contributed by atoms with Crippen molar-refractivity contribution in [2.24, 2.45) is 7.05 Å². The minimum absolute atomic E-state index is 0.125. The zero-order valence-electron chi connectivity index (χ0n) is 22.5. The highest BCUT2D eigenvalue weighted by molar-refractivity contribution is 5.99. The molecular weight excluding hydrogens is 498 g/mol. The first-order chi connectivity index (χ1) is 19.0. The number of ether oxygens (including phenoxy) is 2. The van der Waals surface area contributed by atoms with Crippen LogP contribution in [-0.4, -0.2) is 78.7 Å². The Morgan fingerprint density at radius 3 is 2.79 bits per heavy atom. The second-order valence-electron chi connectivity index (χ2n) is 10.1. The van der Waals surface area contributed by atoms with E-state index in [0.29, 0.717) is 36.0 Å². The predicted molar refractivity (Wildman–Crippen MR) is 146 cm³/mol. The Morgan fingerprint density at radius 1 is 1.13 bits per heavy atom. The summed E-state index contributed by atoms with van der Waals surface area (Å²) in [6, 6.07) is 6.26. The molecule has 2 bridgehead atoms. The molecule has 0 spiro atoms. The lowest BCUT2D eigenvalue weighted by Gasteiger charge is -2.23. The minimum Gasteiger partial charge on any atom is -0.476 e. The largest absolute Gasteiger partial charge is 0.476 e. The molecule has 6 rings (SSSR count). The third-order valence-electron chi connectivity index (χ3n) is 7.47. The third kappa shape index (κ3) is 4.51. The van der Waals surface area contributed by atoms with Gasteiger partial charge in [-0.3, -0.25) is 9.48 Å². The maximum absolute atomic E-state index is 13.6. The molecule has 39 heavy (non-hydrogen) atoms. The maximum Gasteiger partial charge on any atom is 0.272 e. The van der Waals surface area contributed by atoms with Crippen molar-refractivity contribution in [3.63, 3.8) is 0 Å². The predicted octanol–water partition coefficient (Wildman–Crippen LogP) is 3.27. The summed E-state index contributed by atoms with van der Waals surface area (Å²) in [5, 5.41) is 24.6. The zero-order chi connectivity index (χ0) is 27.1. The smallest absolute Gasteiger partial charge is 0.272 e. The molecule has 0 saturated carbocycles. The van der Waals surface area contributed by atoms with E-state index in [9.17, 15) is 9.90 Å². The molecule has 1 fully saturated rings. The van der Waals surface area contributed by atoms with Crippen LogP contribution in [0, 0.1) is 6.92 Å². The van der Waals surface area contributed by atoms with Gasteiger partial charge >= 0.3 is 0 Å². The second kappa shape index (κ2) is 10.3. The summed E-state index contributed by atoms with van der Waals surface area (Å²) in [7, 11) is 3.58. The van der Waals surface area contributed by atoms with Crippen LogP contribution in [0.5, 0.6) is 5.88 Å². The fourth-order valence-electron chi connectivity index (χ4n) is 5.39. The first-order valence-electron chi connectivity index (χ1n) is 13.4. The van der Waals surface area contributed by atoms with E-state index in [1.165, 1.54) is 0 Å². The van der Waals surface area contributed by atoms with Gasteiger partial charge in [-0.05, 0) is 56.0 Å². The van der Waals surface area contributed by atoms with Gasteiger partial charge in [-0.25, -0.2) is 9.36 Å². The highest BCUT2D eigenvalue weighted by atomic mass is 16.5. The number of aromatic nitrogens is 6. The molecule has 1 N–H and O–H groups in total. The van der Waals surface area contributed by atoms with E-state index in [1.54, 1.807) is 27.5 Å². The SMILES string of the molecule is Cc1nn(CCO)c2c1/C=C/c1nn(C3CCCCO3)c3ccc(cc13)-c1cnn(C)c1OCCN(C)C2=O. The number of hydrogen-bond acceptors (Lipinski definition) is 7. The highest BCUT2D eigenvalue weighted by Crippen LogP contribution is 2.35. The monoisotopic (exact) mass is 531 g/mol. The van der Waals surface area contributed by atoms with Gasteiger partial charge in [-0.1, -0.05) is 6.07 Å². The molecule has 204 valence electrons. The lowest BCUT2D eigenvalue weighted by atomic mass is 10.0. The van der Waals surface area contributed by atoms with Gasteiger partial charge in [0.2, 0.25) is 5.88 Å². The lowest BCUT2D eigenvalue weighted by molar-refractivity contribution is -0.0367. The van der Waals surface area contributed by atoms with Gasteiger partial charge in [-0.15, -0.1) is 0 Å². The molecule has 2 aliphatic heterocycles. The Balaban J connectivity index is 1.56.